The number of nitrogens with zero attached hydrogens (tertiary/aromatic N) is 2. The fourth-order valence-corrected chi connectivity index (χ4v) is 3.88. The molecule has 0 aliphatic carbocycles. The van der Waals surface area contributed by atoms with Gasteiger partial charge in [0.25, 0.3) is 10.0 Å². The van der Waals surface area contributed by atoms with Crippen LogP contribution < -0.4 is 14.5 Å². The van der Waals surface area contributed by atoms with E-state index in [0.29, 0.717) is 16.6 Å². The predicted molar refractivity (Wildman–Crippen MR) is 101 cm³/mol. The molecule has 1 heterocycles. The number of aromatic nitrogens is 1. The molecule has 0 spiro atoms. The predicted octanol–water partition coefficient (Wildman–Crippen LogP) is 2.64. The minimum absolute atomic E-state index is 0.0372. The molecule has 2 N–H and O–H groups in total. The minimum Gasteiger partial charge on any atom is -0.493 e. The molecule has 0 saturated heterocycles. The van der Waals surface area contributed by atoms with Crippen LogP contribution in [0.1, 0.15) is 6.42 Å². The number of hydrogen-bond donors (Lipinski definition) is 2. The summed E-state index contributed by atoms with van der Waals surface area (Å²) in [7, 11) is -2.75. The lowest BCUT2D eigenvalue weighted by Gasteiger charge is -2.21. The highest BCUT2D eigenvalue weighted by Crippen LogP contribution is 2.27. The lowest BCUT2D eigenvalue weighted by molar-refractivity contribution is 0.193. The number of pyridine rings is 1. The number of nitrogens with one attached hydrogen (secondary N) is 1. The number of carboxylic acid groups (broad SMARTS) is 1. The molecule has 11 heteroatoms. The number of sulfonamides is 1. The Kier molecular flexibility index (Phi) is 7.39. The summed E-state index contributed by atoms with van der Waals surface area (Å²) >= 11 is 3.20. The number of halogens is 1. The number of anilines is 1. The highest BCUT2D eigenvalue weighted by Gasteiger charge is 2.26. The van der Waals surface area contributed by atoms with Gasteiger partial charge in [-0.25, -0.2) is 4.79 Å². The van der Waals surface area contributed by atoms with Gasteiger partial charge in [-0.05, 0) is 40.5 Å². The second-order valence-corrected chi connectivity index (χ2v) is 7.85. The van der Waals surface area contributed by atoms with Crippen LogP contribution in [0.25, 0.3) is 0 Å². The molecule has 27 heavy (non-hydrogen) atoms. The van der Waals surface area contributed by atoms with Crippen molar-refractivity contribution < 1.29 is 27.9 Å². The minimum atomic E-state index is -3.99. The number of amides is 1. The van der Waals surface area contributed by atoms with Gasteiger partial charge in [0.1, 0.15) is 10.6 Å². The van der Waals surface area contributed by atoms with Gasteiger partial charge in [0, 0.05) is 29.5 Å². The normalized spacial score (nSPS) is 11.0. The summed E-state index contributed by atoms with van der Waals surface area (Å²) in [6.45, 7) is 0.516. The third-order valence-electron chi connectivity index (χ3n) is 3.26. The molecule has 1 aromatic heterocycles. The quantitative estimate of drug-likeness (QED) is 0.436. The van der Waals surface area contributed by atoms with E-state index in [2.05, 4.69) is 26.2 Å². The Morgan fingerprint density at radius 3 is 2.78 bits per heavy atom. The molecule has 0 unspecified atom stereocenters. The van der Waals surface area contributed by atoms with Gasteiger partial charge in [-0.1, -0.05) is 6.07 Å². The van der Waals surface area contributed by atoms with E-state index in [9.17, 15) is 13.2 Å². The standard InChI is InChI=1S/C16H18BrN3O6S/c1-25-20(27(23,24)15-8-12(17)10-18-11-15)13-4-2-5-14(9-13)26-7-3-6-19-16(21)22/h2,4-5,8-11,19H,3,6-7H2,1H3,(H,21,22). The molecule has 9 nitrogen and oxygen atoms in total. The molecule has 146 valence electrons. The Balaban J connectivity index is 2.14. The fraction of sp³-hybridized carbons (Fsp3) is 0.250. The Hall–Kier alpha value is -2.37. The highest BCUT2D eigenvalue weighted by molar-refractivity contribution is 9.10. The highest BCUT2D eigenvalue weighted by atomic mass is 79.9. The van der Waals surface area contributed by atoms with Crippen LogP contribution in [0.4, 0.5) is 10.5 Å². The first kappa shape index (κ1) is 20.9. The number of hydrogen-bond acceptors (Lipinski definition) is 6. The van der Waals surface area contributed by atoms with Crippen molar-refractivity contribution in [3.63, 3.8) is 0 Å². The van der Waals surface area contributed by atoms with Crippen molar-refractivity contribution in [3.8, 4) is 5.75 Å². The third kappa shape index (κ3) is 5.81. The third-order valence-corrected chi connectivity index (χ3v) is 5.31. The molecule has 0 fully saturated rings. The first-order chi connectivity index (χ1) is 12.8. The molecular formula is C16H18BrN3O6S. The van der Waals surface area contributed by atoms with E-state index in [1.54, 1.807) is 18.2 Å². The maximum absolute atomic E-state index is 12.8. The monoisotopic (exact) mass is 459 g/mol. The van der Waals surface area contributed by atoms with E-state index >= 15 is 0 Å². The van der Waals surface area contributed by atoms with Crippen molar-refractivity contribution in [2.45, 2.75) is 11.3 Å². The zero-order chi connectivity index (χ0) is 19.9. The Bertz CT molecular complexity index is 893. The summed E-state index contributed by atoms with van der Waals surface area (Å²) in [6.07, 6.45) is 2.07. The summed E-state index contributed by atoms with van der Waals surface area (Å²) in [4.78, 5) is 19.3. The van der Waals surface area contributed by atoms with Crippen molar-refractivity contribution in [2.75, 3.05) is 24.7 Å². The van der Waals surface area contributed by atoms with Gasteiger partial charge >= 0.3 is 6.09 Å². The number of ether oxygens (including phenoxy) is 1. The Morgan fingerprint density at radius 1 is 1.33 bits per heavy atom. The van der Waals surface area contributed by atoms with Crippen LogP contribution in [0.2, 0.25) is 0 Å². The molecule has 2 rings (SSSR count). The maximum Gasteiger partial charge on any atom is 0.404 e. The molecule has 0 atom stereocenters. The first-order valence-corrected chi connectivity index (χ1v) is 9.97. The van der Waals surface area contributed by atoms with Gasteiger partial charge in [-0.15, -0.1) is 4.47 Å². The maximum atomic E-state index is 12.8. The van der Waals surface area contributed by atoms with Crippen molar-refractivity contribution in [1.82, 2.24) is 10.3 Å². The second-order valence-electron chi connectivity index (χ2n) is 5.18. The lowest BCUT2D eigenvalue weighted by Crippen LogP contribution is -2.30. The number of benzene rings is 1. The molecule has 2 aromatic rings. The molecule has 1 amide bonds. The van der Waals surface area contributed by atoms with Crippen molar-refractivity contribution in [3.05, 3.63) is 47.2 Å². The van der Waals surface area contributed by atoms with E-state index < -0.39 is 16.1 Å². The summed E-state index contributed by atoms with van der Waals surface area (Å²) in [5.74, 6) is 0.424. The Morgan fingerprint density at radius 2 is 2.11 bits per heavy atom. The molecule has 0 aliphatic heterocycles. The first-order valence-electron chi connectivity index (χ1n) is 7.74. The summed E-state index contributed by atoms with van der Waals surface area (Å²) in [5.41, 5.74) is 0.249. The van der Waals surface area contributed by atoms with Crippen molar-refractivity contribution >= 4 is 37.7 Å². The zero-order valence-corrected chi connectivity index (χ0v) is 16.7. The van der Waals surface area contributed by atoms with E-state index in [1.165, 1.54) is 31.6 Å². The van der Waals surface area contributed by atoms with Gasteiger partial charge < -0.3 is 15.2 Å². The van der Waals surface area contributed by atoms with Gasteiger partial charge in [-0.3, -0.25) is 9.82 Å². The van der Waals surface area contributed by atoms with Crippen LogP contribution in [0.15, 0.2) is 52.1 Å². The summed E-state index contributed by atoms with van der Waals surface area (Å²) < 4.78 is 32.5. The molecular weight excluding hydrogens is 442 g/mol. The van der Waals surface area contributed by atoms with Gasteiger partial charge in [-0.2, -0.15) is 8.42 Å². The molecule has 0 saturated carbocycles. The van der Waals surface area contributed by atoms with Crippen LogP contribution in [0.3, 0.4) is 0 Å². The summed E-state index contributed by atoms with van der Waals surface area (Å²) in [5, 5.41) is 10.7. The smallest absolute Gasteiger partial charge is 0.404 e. The van der Waals surface area contributed by atoms with Crippen LogP contribution in [-0.4, -0.2) is 44.9 Å². The number of rotatable bonds is 9. The topological polar surface area (TPSA) is 118 Å². The zero-order valence-electron chi connectivity index (χ0n) is 14.3. The average Bonchev–Trinajstić information content (AvgIpc) is 2.62. The lowest BCUT2D eigenvalue weighted by atomic mass is 10.3. The molecule has 1 aromatic carbocycles. The van der Waals surface area contributed by atoms with E-state index in [0.717, 1.165) is 4.47 Å². The molecule has 0 radical (unpaired) electrons. The van der Waals surface area contributed by atoms with E-state index in [1.807, 2.05) is 0 Å². The van der Waals surface area contributed by atoms with Crippen LogP contribution in [0, 0.1) is 0 Å². The van der Waals surface area contributed by atoms with Gasteiger partial charge in [0.05, 0.1) is 19.4 Å². The van der Waals surface area contributed by atoms with Gasteiger partial charge in [0.2, 0.25) is 0 Å². The SMILES string of the molecule is CON(c1cccc(OCCCNC(=O)O)c1)S(=O)(=O)c1cncc(Br)c1. The van der Waals surface area contributed by atoms with Crippen LogP contribution in [0.5, 0.6) is 5.75 Å². The number of carbonyl (C=O) groups is 1. The molecule has 0 aliphatic rings. The summed E-state index contributed by atoms with van der Waals surface area (Å²) in [6, 6.07) is 7.78. The molecule has 0 bridgehead atoms. The van der Waals surface area contributed by atoms with E-state index in [-0.39, 0.29) is 23.7 Å². The van der Waals surface area contributed by atoms with Crippen molar-refractivity contribution in [2.24, 2.45) is 0 Å². The van der Waals surface area contributed by atoms with Crippen LogP contribution >= 0.6 is 15.9 Å². The second kappa shape index (κ2) is 9.53. The van der Waals surface area contributed by atoms with E-state index in [4.69, 9.17) is 14.7 Å². The van der Waals surface area contributed by atoms with Gasteiger partial charge in [0.15, 0.2) is 0 Å². The average molecular weight is 460 g/mol. The van der Waals surface area contributed by atoms with Crippen LogP contribution in [-0.2, 0) is 14.9 Å². The largest absolute Gasteiger partial charge is 0.493 e. The fourth-order valence-electron chi connectivity index (χ4n) is 2.12. The van der Waals surface area contributed by atoms with Crippen molar-refractivity contribution in [1.29, 1.82) is 0 Å². The Labute approximate surface area is 165 Å².